The van der Waals surface area contributed by atoms with E-state index in [1.54, 1.807) is 11.8 Å². The fourth-order valence-corrected chi connectivity index (χ4v) is 3.27. The van der Waals surface area contributed by atoms with Gasteiger partial charge in [0, 0.05) is 17.5 Å². The second kappa shape index (κ2) is 6.55. The predicted octanol–water partition coefficient (Wildman–Crippen LogP) is 2.16. The number of aryl methyl sites for hydroxylation is 1. The minimum absolute atomic E-state index is 0.219. The second-order valence-corrected chi connectivity index (χ2v) is 5.98. The molecular formula is C14H22N2OS. The summed E-state index contributed by atoms with van der Waals surface area (Å²) in [5.74, 6) is 0. The van der Waals surface area contributed by atoms with Gasteiger partial charge in [-0.3, -0.25) is 4.98 Å². The summed E-state index contributed by atoms with van der Waals surface area (Å²) in [6.45, 7) is 2.37. The topological polar surface area (TPSA) is 45.1 Å². The van der Waals surface area contributed by atoms with Gasteiger partial charge in [0.15, 0.2) is 0 Å². The van der Waals surface area contributed by atoms with Crippen LogP contribution in [0.3, 0.4) is 0 Å². The van der Waals surface area contributed by atoms with Crippen LogP contribution in [0.2, 0.25) is 0 Å². The quantitative estimate of drug-likeness (QED) is 0.857. The highest BCUT2D eigenvalue weighted by atomic mass is 32.2. The third-order valence-electron chi connectivity index (χ3n) is 3.70. The van der Waals surface area contributed by atoms with E-state index in [4.69, 9.17) is 0 Å². The van der Waals surface area contributed by atoms with Crippen LogP contribution in [0.1, 0.15) is 37.1 Å². The maximum atomic E-state index is 9.34. The molecule has 0 aromatic carbocycles. The van der Waals surface area contributed by atoms with Crippen LogP contribution < -0.4 is 5.32 Å². The van der Waals surface area contributed by atoms with E-state index >= 15 is 0 Å². The fourth-order valence-electron chi connectivity index (χ4n) is 2.63. The standard InChI is InChI=1S/C14H22N2OS/c1-10(13(9-17)18-2)16-12-7-3-5-11-6-4-8-15-14(11)12/h4,6,8,10,12-13,16-17H,3,5,7,9H2,1-2H3. The Morgan fingerprint density at radius 2 is 2.44 bits per heavy atom. The molecule has 1 aliphatic carbocycles. The summed E-state index contributed by atoms with van der Waals surface area (Å²) in [5.41, 5.74) is 2.58. The molecule has 0 saturated carbocycles. The summed E-state index contributed by atoms with van der Waals surface area (Å²) in [6, 6.07) is 4.83. The first-order chi connectivity index (χ1) is 8.76. The van der Waals surface area contributed by atoms with Crippen molar-refractivity contribution in [1.82, 2.24) is 10.3 Å². The van der Waals surface area contributed by atoms with Crippen molar-refractivity contribution >= 4 is 11.8 Å². The van der Waals surface area contributed by atoms with Crippen molar-refractivity contribution < 1.29 is 5.11 Å². The van der Waals surface area contributed by atoms with Crippen molar-refractivity contribution in [3.8, 4) is 0 Å². The van der Waals surface area contributed by atoms with Crippen LogP contribution in [0.15, 0.2) is 18.3 Å². The monoisotopic (exact) mass is 266 g/mol. The van der Waals surface area contributed by atoms with Crippen LogP contribution in [0.4, 0.5) is 0 Å². The normalized spacial score (nSPS) is 22.3. The predicted molar refractivity (Wildman–Crippen MR) is 76.9 cm³/mol. The van der Waals surface area contributed by atoms with Crippen molar-refractivity contribution in [3.05, 3.63) is 29.6 Å². The van der Waals surface area contributed by atoms with Gasteiger partial charge in [0.25, 0.3) is 0 Å². The van der Waals surface area contributed by atoms with Gasteiger partial charge < -0.3 is 10.4 Å². The lowest BCUT2D eigenvalue weighted by atomic mass is 9.91. The van der Waals surface area contributed by atoms with Crippen molar-refractivity contribution in [2.75, 3.05) is 12.9 Å². The molecule has 18 heavy (non-hydrogen) atoms. The number of nitrogens with zero attached hydrogens (tertiary/aromatic N) is 1. The van der Waals surface area contributed by atoms with E-state index in [0.717, 1.165) is 12.8 Å². The van der Waals surface area contributed by atoms with E-state index in [1.807, 2.05) is 18.5 Å². The lowest BCUT2D eigenvalue weighted by Gasteiger charge is -2.30. The minimum Gasteiger partial charge on any atom is -0.395 e. The Morgan fingerprint density at radius 1 is 1.61 bits per heavy atom. The van der Waals surface area contributed by atoms with Crippen LogP contribution in [-0.2, 0) is 6.42 Å². The van der Waals surface area contributed by atoms with Crippen LogP contribution in [-0.4, -0.2) is 34.2 Å². The highest BCUT2D eigenvalue weighted by Gasteiger charge is 2.25. The molecule has 3 nitrogen and oxygen atoms in total. The first-order valence-corrected chi connectivity index (χ1v) is 7.88. The molecule has 1 aromatic heterocycles. The number of pyridine rings is 1. The Morgan fingerprint density at radius 3 is 3.17 bits per heavy atom. The molecule has 1 heterocycles. The largest absolute Gasteiger partial charge is 0.395 e. The van der Waals surface area contributed by atoms with Gasteiger partial charge in [0.1, 0.15) is 0 Å². The van der Waals surface area contributed by atoms with E-state index in [0.29, 0.717) is 12.1 Å². The molecule has 0 aliphatic heterocycles. The number of fused-ring (bicyclic) bond motifs is 1. The van der Waals surface area contributed by atoms with Crippen molar-refractivity contribution in [2.45, 2.75) is 43.5 Å². The van der Waals surface area contributed by atoms with E-state index < -0.39 is 0 Å². The first kappa shape index (κ1) is 13.8. The molecule has 2 rings (SSSR count). The summed E-state index contributed by atoms with van der Waals surface area (Å²) >= 11 is 1.71. The van der Waals surface area contributed by atoms with E-state index in [2.05, 4.69) is 23.3 Å². The minimum atomic E-state index is 0.219. The molecule has 3 unspecified atom stereocenters. The molecule has 1 aromatic rings. The summed E-state index contributed by atoms with van der Waals surface area (Å²) in [6.07, 6.45) is 7.42. The van der Waals surface area contributed by atoms with E-state index in [1.165, 1.54) is 17.7 Å². The van der Waals surface area contributed by atoms with Gasteiger partial charge in [-0.05, 0) is 44.1 Å². The number of aliphatic hydroxyl groups excluding tert-OH is 1. The highest BCUT2D eigenvalue weighted by Crippen LogP contribution is 2.28. The zero-order valence-electron chi connectivity index (χ0n) is 11.1. The number of rotatable bonds is 5. The summed E-state index contributed by atoms with van der Waals surface area (Å²) < 4.78 is 0. The third kappa shape index (κ3) is 3.05. The molecule has 1 aliphatic rings. The Balaban J connectivity index is 2.07. The number of thioether (sulfide) groups is 1. The molecule has 2 N–H and O–H groups in total. The summed E-state index contributed by atoms with van der Waals surface area (Å²) in [4.78, 5) is 4.53. The number of aliphatic hydroxyl groups is 1. The van der Waals surface area contributed by atoms with Gasteiger partial charge in [-0.25, -0.2) is 0 Å². The summed E-state index contributed by atoms with van der Waals surface area (Å²) in [7, 11) is 0. The summed E-state index contributed by atoms with van der Waals surface area (Å²) in [5, 5.41) is 13.2. The Bertz CT molecular complexity index is 382. The molecule has 100 valence electrons. The molecule has 3 atom stereocenters. The first-order valence-electron chi connectivity index (χ1n) is 6.59. The Labute approximate surface area is 113 Å². The maximum Gasteiger partial charge on any atom is 0.0605 e. The molecule has 0 fully saturated rings. The highest BCUT2D eigenvalue weighted by molar-refractivity contribution is 7.99. The van der Waals surface area contributed by atoms with Crippen LogP contribution in [0.25, 0.3) is 0 Å². The van der Waals surface area contributed by atoms with Gasteiger partial charge in [0.05, 0.1) is 18.3 Å². The lowest BCUT2D eigenvalue weighted by molar-refractivity contribution is 0.266. The Hall–Kier alpha value is -0.580. The number of aromatic nitrogens is 1. The zero-order chi connectivity index (χ0) is 13.0. The zero-order valence-corrected chi connectivity index (χ0v) is 11.9. The molecule has 0 amide bonds. The molecule has 0 saturated heterocycles. The number of nitrogens with one attached hydrogen (secondary N) is 1. The van der Waals surface area contributed by atoms with Crippen LogP contribution in [0, 0.1) is 0 Å². The van der Waals surface area contributed by atoms with Crippen molar-refractivity contribution in [2.24, 2.45) is 0 Å². The average molecular weight is 266 g/mol. The lowest BCUT2D eigenvalue weighted by Crippen LogP contribution is -2.41. The molecular weight excluding hydrogens is 244 g/mol. The number of hydrogen-bond acceptors (Lipinski definition) is 4. The average Bonchev–Trinajstić information content (AvgIpc) is 2.40. The number of hydrogen-bond donors (Lipinski definition) is 2. The third-order valence-corrected chi connectivity index (χ3v) is 4.86. The van der Waals surface area contributed by atoms with E-state index in [-0.39, 0.29) is 11.9 Å². The van der Waals surface area contributed by atoms with Crippen molar-refractivity contribution in [3.63, 3.8) is 0 Å². The maximum absolute atomic E-state index is 9.34. The van der Waals surface area contributed by atoms with Crippen molar-refractivity contribution in [1.29, 1.82) is 0 Å². The molecule has 0 radical (unpaired) electrons. The molecule has 0 spiro atoms. The Kier molecular flexibility index (Phi) is 5.03. The molecule has 0 bridgehead atoms. The SMILES string of the molecule is CSC(CO)C(C)NC1CCCc2cccnc21. The fraction of sp³-hybridized carbons (Fsp3) is 0.643. The van der Waals surface area contributed by atoms with E-state index in [9.17, 15) is 5.11 Å². The van der Waals surface area contributed by atoms with Crippen LogP contribution in [0.5, 0.6) is 0 Å². The van der Waals surface area contributed by atoms with Gasteiger partial charge in [-0.15, -0.1) is 0 Å². The van der Waals surface area contributed by atoms with Gasteiger partial charge in [-0.1, -0.05) is 6.07 Å². The van der Waals surface area contributed by atoms with Gasteiger partial charge in [-0.2, -0.15) is 11.8 Å². The second-order valence-electron chi connectivity index (χ2n) is 4.90. The van der Waals surface area contributed by atoms with Gasteiger partial charge >= 0.3 is 0 Å². The smallest absolute Gasteiger partial charge is 0.0605 e. The molecule has 4 heteroatoms. The van der Waals surface area contributed by atoms with Gasteiger partial charge in [0.2, 0.25) is 0 Å². The van der Waals surface area contributed by atoms with Crippen LogP contribution >= 0.6 is 11.8 Å².